The highest BCUT2D eigenvalue weighted by Crippen LogP contribution is 2.28. The third kappa shape index (κ3) is 2.68. The molecule has 3 aromatic rings. The van der Waals surface area contributed by atoms with Crippen molar-refractivity contribution < 1.29 is 0 Å². The van der Waals surface area contributed by atoms with Crippen LogP contribution in [0.5, 0.6) is 0 Å². The Balaban J connectivity index is 1.89. The van der Waals surface area contributed by atoms with E-state index in [1.165, 1.54) is 11.3 Å². The Labute approximate surface area is 123 Å². The Hall–Kier alpha value is -1.86. The van der Waals surface area contributed by atoms with E-state index in [0.717, 1.165) is 15.5 Å². The number of rotatable bonds is 3. The third-order valence-electron chi connectivity index (χ3n) is 2.73. The molecule has 0 amide bonds. The van der Waals surface area contributed by atoms with E-state index in [0.29, 0.717) is 16.5 Å². The monoisotopic (exact) mass is 304 g/mol. The first-order valence-electron chi connectivity index (χ1n) is 5.95. The van der Waals surface area contributed by atoms with Crippen LogP contribution in [0, 0.1) is 6.92 Å². The van der Waals surface area contributed by atoms with Gasteiger partial charge in [-0.3, -0.25) is 9.20 Å². The van der Waals surface area contributed by atoms with Gasteiger partial charge in [-0.15, -0.1) is 11.8 Å². The summed E-state index contributed by atoms with van der Waals surface area (Å²) in [5.74, 6) is 0.626. The molecular formula is C13H12N4OS2. The molecule has 7 heteroatoms. The predicted octanol–water partition coefficient (Wildman–Crippen LogP) is 2.33. The lowest BCUT2D eigenvalue weighted by Crippen LogP contribution is -2.15. The highest BCUT2D eigenvalue weighted by molar-refractivity contribution is 8.00. The second-order valence-corrected chi connectivity index (χ2v) is 6.66. The van der Waals surface area contributed by atoms with Crippen LogP contribution in [-0.2, 0) is 5.75 Å². The number of hydrogen-bond donors (Lipinski definition) is 1. The minimum atomic E-state index is -0.0573. The average molecular weight is 304 g/mol. The lowest BCUT2D eigenvalue weighted by Gasteiger charge is -2.04. The van der Waals surface area contributed by atoms with Crippen LogP contribution in [0.2, 0.25) is 0 Å². The topological polar surface area (TPSA) is 73.3 Å². The summed E-state index contributed by atoms with van der Waals surface area (Å²) in [7, 11) is 0. The molecule has 102 valence electrons. The Morgan fingerprint density at radius 2 is 2.30 bits per heavy atom. The number of anilines is 1. The van der Waals surface area contributed by atoms with E-state index in [4.69, 9.17) is 5.73 Å². The molecule has 0 bridgehead atoms. The normalized spacial score (nSPS) is 11.1. The molecule has 3 aromatic heterocycles. The molecule has 0 fully saturated rings. The van der Waals surface area contributed by atoms with Gasteiger partial charge < -0.3 is 5.73 Å². The molecule has 5 nitrogen and oxygen atoms in total. The molecule has 0 unspecified atom stereocenters. The number of pyridine rings is 1. The molecule has 0 saturated carbocycles. The first-order chi connectivity index (χ1) is 9.61. The van der Waals surface area contributed by atoms with Crippen LogP contribution in [-0.4, -0.2) is 14.4 Å². The Morgan fingerprint density at radius 3 is 3.05 bits per heavy atom. The molecule has 0 aliphatic heterocycles. The van der Waals surface area contributed by atoms with E-state index in [-0.39, 0.29) is 5.56 Å². The van der Waals surface area contributed by atoms with Crippen molar-refractivity contribution in [3.05, 3.63) is 52.2 Å². The van der Waals surface area contributed by atoms with Crippen LogP contribution >= 0.6 is 23.1 Å². The Bertz CT molecular complexity index is 825. The maximum Gasteiger partial charge on any atom is 0.258 e. The van der Waals surface area contributed by atoms with Gasteiger partial charge in [-0.1, -0.05) is 17.4 Å². The molecule has 0 radical (unpaired) electrons. The number of aromatic nitrogens is 3. The summed E-state index contributed by atoms with van der Waals surface area (Å²) < 4.78 is 2.59. The maximum absolute atomic E-state index is 12.1. The van der Waals surface area contributed by atoms with Gasteiger partial charge in [0.2, 0.25) is 0 Å². The third-order valence-corrected chi connectivity index (χ3v) is 4.78. The first kappa shape index (κ1) is 13.1. The first-order valence-corrected chi connectivity index (χ1v) is 7.75. The van der Waals surface area contributed by atoms with Gasteiger partial charge >= 0.3 is 0 Å². The number of nitrogen functional groups attached to an aromatic ring is 1. The number of thiazole rings is 1. The Morgan fingerprint density at radius 1 is 1.45 bits per heavy atom. The van der Waals surface area contributed by atoms with Crippen LogP contribution in [0.15, 0.2) is 39.6 Å². The molecule has 0 spiro atoms. The molecule has 0 aliphatic carbocycles. The summed E-state index contributed by atoms with van der Waals surface area (Å²) in [4.78, 5) is 20.5. The zero-order valence-corrected chi connectivity index (χ0v) is 12.4. The van der Waals surface area contributed by atoms with Gasteiger partial charge in [-0.05, 0) is 18.6 Å². The van der Waals surface area contributed by atoms with Crippen molar-refractivity contribution in [3.63, 3.8) is 0 Å². The van der Waals surface area contributed by atoms with Crippen LogP contribution < -0.4 is 11.3 Å². The number of fused-ring (bicyclic) bond motifs is 1. The van der Waals surface area contributed by atoms with Crippen LogP contribution in [0.25, 0.3) is 5.65 Å². The van der Waals surface area contributed by atoms with Gasteiger partial charge in [0.15, 0.2) is 5.13 Å². The summed E-state index contributed by atoms with van der Waals surface area (Å²) in [5.41, 5.74) is 7.99. The molecule has 0 saturated heterocycles. The second kappa shape index (κ2) is 5.26. The van der Waals surface area contributed by atoms with Gasteiger partial charge in [-0.2, -0.15) is 0 Å². The summed E-state index contributed by atoms with van der Waals surface area (Å²) in [5, 5.41) is 0.550. The molecule has 0 atom stereocenters. The summed E-state index contributed by atoms with van der Waals surface area (Å²) in [6.07, 6.45) is 3.54. The van der Waals surface area contributed by atoms with Crippen molar-refractivity contribution in [2.75, 3.05) is 5.73 Å². The smallest absolute Gasteiger partial charge is 0.258 e. The highest BCUT2D eigenvalue weighted by atomic mass is 32.2. The lowest BCUT2D eigenvalue weighted by atomic mass is 10.3. The SMILES string of the molecule is Cc1ccc2nc(CSc3cnc(N)s3)cc(=O)n2c1. The zero-order valence-electron chi connectivity index (χ0n) is 10.7. The van der Waals surface area contributed by atoms with Crippen molar-refractivity contribution in [3.8, 4) is 0 Å². The predicted molar refractivity (Wildman–Crippen MR) is 82.3 cm³/mol. The lowest BCUT2D eigenvalue weighted by molar-refractivity contribution is 1.00. The Kier molecular flexibility index (Phi) is 3.45. The molecule has 0 aliphatic rings. The van der Waals surface area contributed by atoms with Crippen LogP contribution in [0.4, 0.5) is 5.13 Å². The van der Waals surface area contributed by atoms with Crippen molar-refractivity contribution in [1.29, 1.82) is 0 Å². The fraction of sp³-hybridized carbons (Fsp3) is 0.154. The molecule has 2 N–H and O–H groups in total. The number of hydrogen-bond acceptors (Lipinski definition) is 6. The molecule has 0 aromatic carbocycles. The van der Waals surface area contributed by atoms with Crippen LogP contribution in [0.1, 0.15) is 11.3 Å². The zero-order chi connectivity index (χ0) is 14.1. The van der Waals surface area contributed by atoms with E-state index in [2.05, 4.69) is 9.97 Å². The quantitative estimate of drug-likeness (QED) is 0.752. The largest absolute Gasteiger partial charge is 0.375 e. The van der Waals surface area contributed by atoms with Crippen molar-refractivity contribution in [1.82, 2.24) is 14.4 Å². The molecular weight excluding hydrogens is 292 g/mol. The number of thioether (sulfide) groups is 1. The summed E-state index contributed by atoms with van der Waals surface area (Å²) in [6, 6.07) is 5.38. The maximum atomic E-state index is 12.1. The second-order valence-electron chi connectivity index (χ2n) is 4.33. The van der Waals surface area contributed by atoms with Crippen LogP contribution in [0.3, 0.4) is 0 Å². The fourth-order valence-corrected chi connectivity index (χ4v) is 3.47. The van der Waals surface area contributed by atoms with Crippen molar-refractivity contribution >= 4 is 33.9 Å². The van der Waals surface area contributed by atoms with Gasteiger partial charge in [0, 0.05) is 18.0 Å². The molecule has 3 rings (SSSR count). The highest BCUT2D eigenvalue weighted by Gasteiger charge is 2.05. The van der Waals surface area contributed by atoms with E-state index >= 15 is 0 Å². The average Bonchev–Trinajstić information content (AvgIpc) is 2.83. The summed E-state index contributed by atoms with van der Waals surface area (Å²) in [6.45, 7) is 1.95. The van der Waals surface area contributed by atoms with Crippen molar-refractivity contribution in [2.24, 2.45) is 0 Å². The van der Waals surface area contributed by atoms with E-state index in [9.17, 15) is 4.79 Å². The minimum Gasteiger partial charge on any atom is -0.375 e. The van der Waals surface area contributed by atoms with Crippen molar-refractivity contribution in [2.45, 2.75) is 16.9 Å². The molecule has 3 heterocycles. The van der Waals surface area contributed by atoms with E-state index in [1.807, 2.05) is 19.1 Å². The molecule has 20 heavy (non-hydrogen) atoms. The van der Waals surface area contributed by atoms with E-state index in [1.54, 1.807) is 34.6 Å². The number of nitrogens with two attached hydrogens (primary N) is 1. The fourth-order valence-electron chi connectivity index (χ4n) is 1.82. The number of nitrogens with zero attached hydrogens (tertiary/aromatic N) is 3. The summed E-state index contributed by atoms with van der Waals surface area (Å²) >= 11 is 3.02. The van der Waals surface area contributed by atoms with E-state index < -0.39 is 0 Å². The number of aryl methyl sites for hydroxylation is 1. The van der Waals surface area contributed by atoms with Gasteiger partial charge in [-0.25, -0.2) is 9.97 Å². The van der Waals surface area contributed by atoms with Gasteiger partial charge in [0.05, 0.1) is 16.1 Å². The standard InChI is InChI=1S/C13H12N4OS2/c1-8-2-3-10-16-9(4-11(18)17(10)6-8)7-19-12-5-15-13(14)20-12/h2-6H,7H2,1H3,(H2,14,15). The minimum absolute atomic E-state index is 0.0573. The van der Waals surface area contributed by atoms with Gasteiger partial charge in [0.25, 0.3) is 5.56 Å². The van der Waals surface area contributed by atoms with Gasteiger partial charge in [0.1, 0.15) is 5.65 Å².